The van der Waals surface area contributed by atoms with E-state index in [0.717, 1.165) is 6.42 Å². The summed E-state index contributed by atoms with van der Waals surface area (Å²) in [5.41, 5.74) is 2.18. The van der Waals surface area contributed by atoms with Crippen LogP contribution in [0.3, 0.4) is 0 Å². The summed E-state index contributed by atoms with van der Waals surface area (Å²) in [5, 5.41) is 3.41. The summed E-state index contributed by atoms with van der Waals surface area (Å²) < 4.78 is 14.0. The van der Waals surface area contributed by atoms with Gasteiger partial charge in [-0.3, -0.25) is 9.69 Å². The Hall–Kier alpha value is -3.38. The quantitative estimate of drug-likeness (QED) is 0.567. The molecule has 0 bridgehead atoms. The van der Waals surface area contributed by atoms with Crippen LogP contribution in [0.15, 0.2) is 72.8 Å². The van der Waals surface area contributed by atoms with Gasteiger partial charge in [0.25, 0.3) is 5.91 Å². The number of nitrogens with one attached hydrogen (secondary N) is 1. The maximum absolute atomic E-state index is 14.0. The fourth-order valence-electron chi connectivity index (χ4n) is 3.55. The van der Waals surface area contributed by atoms with Crippen molar-refractivity contribution in [1.29, 1.82) is 0 Å². The second-order valence-electron chi connectivity index (χ2n) is 7.31. The predicted octanol–water partition coefficient (Wildman–Crippen LogP) is 5.56. The highest BCUT2D eigenvalue weighted by molar-refractivity contribution is 6.30. The minimum atomic E-state index is -0.326. The summed E-state index contributed by atoms with van der Waals surface area (Å²) >= 11 is 5.88. The van der Waals surface area contributed by atoms with E-state index in [1.54, 1.807) is 76.5 Å². The maximum atomic E-state index is 14.0. The SMILES string of the molecule is O=C(Nc1ccc(Cl)cc1)c1cccc(N2CCCN(Cc3ccccc3F)C2=O)c1. The Morgan fingerprint density at radius 2 is 1.77 bits per heavy atom. The number of hydrogen-bond donors (Lipinski definition) is 1. The van der Waals surface area contributed by atoms with Gasteiger partial charge in [0.1, 0.15) is 5.82 Å². The fraction of sp³-hybridized carbons (Fsp3) is 0.167. The Morgan fingerprint density at radius 3 is 2.55 bits per heavy atom. The number of amides is 3. The Bertz CT molecular complexity index is 1100. The van der Waals surface area contributed by atoms with Crippen LogP contribution < -0.4 is 10.2 Å². The Morgan fingerprint density at radius 1 is 1.00 bits per heavy atom. The second-order valence-corrected chi connectivity index (χ2v) is 7.75. The number of nitrogens with zero attached hydrogens (tertiary/aromatic N) is 2. The van der Waals surface area contributed by atoms with Crippen molar-refractivity contribution in [2.45, 2.75) is 13.0 Å². The summed E-state index contributed by atoms with van der Waals surface area (Å²) in [7, 11) is 0. The van der Waals surface area contributed by atoms with Crippen molar-refractivity contribution >= 4 is 34.9 Å². The molecule has 158 valence electrons. The molecular formula is C24H21ClFN3O2. The first-order valence-corrected chi connectivity index (χ1v) is 10.4. The van der Waals surface area contributed by atoms with Crippen molar-refractivity contribution in [1.82, 2.24) is 4.90 Å². The molecule has 1 N–H and O–H groups in total. The standard InChI is InChI=1S/C24H21ClFN3O2/c25-19-9-11-20(12-10-19)27-23(30)17-6-3-7-21(15-17)29-14-4-13-28(24(29)31)16-18-5-1-2-8-22(18)26/h1-3,5-12,15H,4,13-14,16H2,(H,27,30). The van der Waals surface area contributed by atoms with E-state index in [0.29, 0.717) is 40.6 Å². The normalized spacial score (nSPS) is 13.9. The molecule has 0 atom stereocenters. The number of halogens is 2. The van der Waals surface area contributed by atoms with E-state index in [1.165, 1.54) is 6.07 Å². The third kappa shape index (κ3) is 4.86. The van der Waals surface area contributed by atoms with Crippen LogP contribution in [0.5, 0.6) is 0 Å². The molecule has 3 aromatic rings. The average molecular weight is 438 g/mol. The molecular weight excluding hydrogens is 417 g/mol. The molecule has 4 rings (SSSR count). The Kier molecular flexibility index (Phi) is 6.18. The molecule has 7 heteroatoms. The lowest BCUT2D eigenvalue weighted by Gasteiger charge is -2.36. The molecule has 1 heterocycles. The predicted molar refractivity (Wildman–Crippen MR) is 120 cm³/mol. The van der Waals surface area contributed by atoms with Crippen molar-refractivity contribution in [2.24, 2.45) is 0 Å². The number of hydrogen-bond acceptors (Lipinski definition) is 2. The van der Waals surface area contributed by atoms with Crippen molar-refractivity contribution in [3.8, 4) is 0 Å². The van der Waals surface area contributed by atoms with Gasteiger partial charge in [0.05, 0.1) is 6.54 Å². The van der Waals surface area contributed by atoms with Crippen LogP contribution in [0.2, 0.25) is 5.02 Å². The molecule has 0 radical (unpaired) electrons. The van der Waals surface area contributed by atoms with Crippen LogP contribution in [0, 0.1) is 5.82 Å². The van der Waals surface area contributed by atoms with E-state index in [-0.39, 0.29) is 24.3 Å². The number of carbonyl (C=O) groups excluding carboxylic acids is 2. The zero-order valence-corrected chi connectivity index (χ0v) is 17.5. The average Bonchev–Trinajstić information content (AvgIpc) is 2.78. The van der Waals surface area contributed by atoms with Crippen LogP contribution in [-0.4, -0.2) is 29.9 Å². The molecule has 0 saturated carbocycles. The summed E-state index contributed by atoms with van der Waals surface area (Å²) in [6, 6.07) is 20.0. The number of benzene rings is 3. The fourth-order valence-corrected chi connectivity index (χ4v) is 3.68. The van der Waals surface area contributed by atoms with E-state index >= 15 is 0 Å². The monoisotopic (exact) mass is 437 g/mol. The number of carbonyl (C=O) groups is 2. The van der Waals surface area contributed by atoms with Gasteiger partial charge in [0.15, 0.2) is 0 Å². The van der Waals surface area contributed by atoms with Gasteiger partial charge in [-0.25, -0.2) is 9.18 Å². The first-order valence-electron chi connectivity index (χ1n) is 9.98. The van der Waals surface area contributed by atoms with Crippen molar-refractivity contribution in [2.75, 3.05) is 23.3 Å². The number of anilines is 2. The van der Waals surface area contributed by atoms with Gasteiger partial charge >= 0.3 is 6.03 Å². The van der Waals surface area contributed by atoms with Crippen molar-refractivity contribution in [3.63, 3.8) is 0 Å². The first kappa shape index (κ1) is 20.9. The second kappa shape index (κ2) is 9.18. The van der Waals surface area contributed by atoms with E-state index in [9.17, 15) is 14.0 Å². The summed E-state index contributed by atoms with van der Waals surface area (Å²) in [4.78, 5) is 29.0. The molecule has 1 fully saturated rings. The Labute approximate surface area is 185 Å². The lowest BCUT2D eigenvalue weighted by Crippen LogP contribution is -2.49. The van der Waals surface area contributed by atoms with Crippen LogP contribution >= 0.6 is 11.6 Å². The molecule has 3 amide bonds. The van der Waals surface area contributed by atoms with Gasteiger partial charge in [0, 0.05) is 40.6 Å². The van der Waals surface area contributed by atoms with Gasteiger partial charge in [0.2, 0.25) is 0 Å². The highest BCUT2D eigenvalue weighted by atomic mass is 35.5. The third-order valence-electron chi connectivity index (χ3n) is 5.15. The van der Waals surface area contributed by atoms with E-state index in [1.807, 2.05) is 0 Å². The van der Waals surface area contributed by atoms with Gasteiger partial charge in [-0.05, 0) is 55.0 Å². The molecule has 1 aliphatic rings. The Balaban J connectivity index is 1.49. The topological polar surface area (TPSA) is 52.7 Å². The van der Waals surface area contributed by atoms with Crippen molar-refractivity contribution in [3.05, 3.63) is 94.8 Å². The molecule has 0 aliphatic carbocycles. The highest BCUT2D eigenvalue weighted by Gasteiger charge is 2.27. The minimum absolute atomic E-state index is 0.204. The number of urea groups is 1. The van der Waals surface area contributed by atoms with Crippen LogP contribution in [-0.2, 0) is 6.54 Å². The first-order chi connectivity index (χ1) is 15.0. The zero-order chi connectivity index (χ0) is 21.8. The molecule has 5 nitrogen and oxygen atoms in total. The highest BCUT2D eigenvalue weighted by Crippen LogP contribution is 2.24. The molecule has 1 saturated heterocycles. The molecule has 0 unspecified atom stereocenters. The van der Waals surface area contributed by atoms with E-state index in [4.69, 9.17) is 11.6 Å². The molecule has 3 aromatic carbocycles. The van der Waals surface area contributed by atoms with Gasteiger partial charge in [-0.1, -0.05) is 35.9 Å². The number of rotatable bonds is 5. The van der Waals surface area contributed by atoms with Gasteiger partial charge in [-0.2, -0.15) is 0 Å². The smallest absolute Gasteiger partial charge is 0.322 e. The zero-order valence-electron chi connectivity index (χ0n) is 16.7. The molecule has 31 heavy (non-hydrogen) atoms. The van der Waals surface area contributed by atoms with E-state index in [2.05, 4.69) is 5.32 Å². The largest absolute Gasteiger partial charge is 0.324 e. The maximum Gasteiger partial charge on any atom is 0.324 e. The van der Waals surface area contributed by atoms with E-state index < -0.39 is 0 Å². The van der Waals surface area contributed by atoms with Crippen LogP contribution in [0.4, 0.5) is 20.6 Å². The minimum Gasteiger partial charge on any atom is -0.322 e. The van der Waals surface area contributed by atoms with Gasteiger partial charge < -0.3 is 10.2 Å². The third-order valence-corrected chi connectivity index (χ3v) is 5.40. The van der Waals surface area contributed by atoms with Crippen LogP contribution in [0.25, 0.3) is 0 Å². The van der Waals surface area contributed by atoms with Crippen molar-refractivity contribution < 1.29 is 14.0 Å². The van der Waals surface area contributed by atoms with Crippen LogP contribution in [0.1, 0.15) is 22.3 Å². The lowest BCUT2D eigenvalue weighted by atomic mass is 10.1. The lowest BCUT2D eigenvalue weighted by molar-refractivity contribution is 0.102. The molecule has 1 aliphatic heterocycles. The summed E-state index contributed by atoms with van der Waals surface area (Å²) in [6.45, 7) is 1.30. The summed E-state index contributed by atoms with van der Waals surface area (Å²) in [6.07, 6.45) is 0.751. The molecule has 0 aromatic heterocycles. The summed E-state index contributed by atoms with van der Waals surface area (Å²) in [5.74, 6) is -0.606. The van der Waals surface area contributed by atoms with Gasteiger partial charge in [-0.15, -0.1) is 0 Å². The molecule has 0 spiro atoms.